The number of hydrogen-bond donors (Lipinski definition) is 1. The van der Waals surface area contributed by atoms with Crippen LogP contribution in [0.4, 0.5) is 5.13 Å². The topological polar surface area (TPSA) is 75.2 Å². The fraction of sp³-hybridized carbons (Fsp3) is 0.800. The van der Waals surface area contributed by atoms with Crippen LogP contribution in [0.15, 0.2) is 0 Å². The summed E-state index contributed by atoms with van der Waals surface area (Å²) < 4.78 is 28.9. The fourth-order valence-electron chi connectivity index (χ4n) is 2.12. The minimum Gasteiger partial charge on any atom is -0.359 e. The third kappa shape index (κ3) is 3.18. The Hall–Kier alpha value is -0.730. The molecule has 8 heteroatoms. The van der Waals surface area contributed by atoms with Crippen molar-refractivity contribution in [2.45, 2.75) is 32.2 Å². The van der Waals surface area contributed by atoms with Gasteiger partial charge in [-0.05, 0) is 12.8 Å². The highest BCUT2D eigenvalue weighted by Crippen LogP contribution is 2.21. The number of aromatic nitrogens is 2. The van der Waals surface area contributed by atoms with Crippen molar-refractivity contribution in [2.75, 3.05) is 24.7 Å². The molecule has 6 nitrogen and oxygen atoms in total. The summed E-state index contributed by atoms with van der Waals surface area (Å²) in [6.45, 7) is 3.24. The van der Waals surface area contributed by atoms with Crippen LogP contribution in [0.2, 0.25) is 0 Å². The Bertz CT molecular complexity index is 500. The molecule has 18 heavy (non-hydrogen) atoms. The highest BCUT2D eigenvalue weighted by Gasteiger charge is 2.31. The number of nitrogens with one attached hydrogen (secondary N) is 1. The maximum absolute atomic E-state index is 11.6. The van der Waals surface area contributed by atoms with Gasteiger partial charge in [-0.2, -0.15) is 8.68 Å². The molecule has 0 spiro atoms. The molecule has 1 N–H and O–H groups in total. The SMILES string of the molecule is CCc1nsc(NC[C@H]2CCCN2S(C)(=O)=O)n1. The molecule has 0 aliphatic carbocycles. The van der Waals surface area contributed by atoms with Gasteiger partial charge in [0.05, 0.1) is 6.26 Å². The lowest BCUT2D eigenvalue weighted by Crippen LogP contribution is -2.38. The van der Waals surface area contributed by atoms with E-state index in [-0.39, 0.29) is 6.04 Å². The normalized spacial score (nSPS) is 21.3. The van der Waals surface area contributed by atoms with Crippen molar-refractivity contribution in [3.63, 3.8) is 0 Å². The maximum Gasteiger partial charge on any atom is 0.211 e. The quantitative estimate of drug-likeness (QED) is 0.873. The van der Waals surface area contributed by atoms with Crippen LogP contribution in [-0.2, 0) is 16.4 Å². The van der Waals surface area contributed by atoms with Crippen molar-refractivity contribution in [3.8, 4) is 0 Å². The number of sulfonamides is 1. The van der Waals surface area contributed by atoms with Crippen LogP contribution in [-0.4, -0.2) is 47.5 Å². The minimum atomic E-state index is -3.09. The number of hydrogen-bond acceptors (Lipinski definition) is 6. The van der Waals surface area contributed by atoms with Gasteiger partial charge in [0.1, 0.15) is 5.82 Å². The van der Waals surface area contributed by atoms with Gasteiger partial charge < -0.3 is 5.32 Å². The molecule has 2 heterocycles. The largest absolute Gasteiger partial charge is 0.359 e. The molecule has 102 valence electrons. The molecule has 0 radical (unpaired) electrons. The summed E-state index contributed by atoms with van der Waals surface area (Å²) in [5.74, 6) is 0.828. The van der Waals surface area contributed by atoms with Crippen LogP contribution < -0.4 is 5.32 Å². The van der Waals surface area contributed by atoms with Crippen LogP contribution in [0.1, 0.15) is 25.6 Å². The first-order valence-electron chi connectivity index (χ1n) is 6.04. The van der Waals surface area contributed by atoms with E-state index in [1.54, 1.807) is 4.31 Å². The molecule has 1 fully saturated rings. The molecule has 1 aromatic rings. The van der Waals surface area contributed by atoms with E-state index < -0.39 is 10.0 Å². The summed E-state index contributed by atoms with van der Waals surface area (Å²) in [5, 5.41) is 3.95. The van der Waals surface area contributed by atoms with Crippen molar-refractivity contribution in [1.82, 2.24) is 13.7 Å². The molecule has 0 unspecified atom stereocenters. The van der Waals surface area contributed by atoms with Crippen molar-refractivity contribution < 1.29 is 8.42 Å². The third-order valence-electron chi connectivity index (χ3n) is 3.02. The van der Waals surface area contributed by atoms with Crippen LogP contribution in [0.25, 0.3) is 0 Å². The molecule has 1 aliphatic heterocycles. The zero-order valence-electron chi connectivity index (χ0n) is 10.6. The van der Waals surface area contributed by atoms with Crippen LogP contribution in [0.3, 0.4) is 0 Å². The van der Waals surface area contributed by atoms with Gasteiger partial charge in [-0.3, -0.25) is 0 Å². The Balaban J connectivity index is 1.93. The predicted molar refractivity (Wildman–Crippen MR) is 72.3 cm³/mol. The predicted octanol–water partition coefficient (Wildman–Crippen LogP) is 0.936. The van der Waals surface area contributed by atoms with E-state index in [0.717, 1.165) is 30.2 Å². The first-order chi connectivity index (χ1) is 8.50. The standard InChI is InChI=1S/C10H18N4O2S2/c1-3-9-12-10(17-13-9)11-7-8-5-4-6-14(8)18(2,15)16/h8H,3-7H2,1-2H3,(H,11,12,13)/t8-/m1/s1. The summed E-state index contributed by atoms with van der Waals surface area (Å²) in [4.78, 5) is 4.31. The summed E-state index contributed by atoms with van der Waals surface area (Å²) in [7, 11) is -3.09. The van der Waals surface area contributed by atoms with Crippen molar-refractivity contribution in [2.24, 2.45) is 0 Å². The van der Waals surface area contributed by atoms with Crippen molar-refractivity contribution >= 4 is 26.7 Å². The minimum absolute atomic E-state index is 0.0361. The highest BCUT2D eigenvalue weighted by atomic mass is 32.2. The molecular formula is C10H18N4O2S2. The summed E-state index contributed by atoms with van der Waals surface area (Å²) >= 11 is 1.33. The maximum atomic E-state index is 11.6. The second kappa shape index (κ2) is 5.50. The van der Waals surface area contributed by atoms with Gasteiger partial charge >= 0.3 is 0 Å². The second-order valence-corrected chi connectivity index (χ2v) is 7.11. The number of rotatable bonds is 5. The Kier molecular flexibility index (Phi) is 4.18. The average Bonchev–Trinajstić information content (AvgIpc) is 2.94. The van der Waals surface area contributed by atoms with E-state index in [2.05, 4.69) is 14.7 Å². The van der Waals surface area contributed by atoms with Gasteiger partial charge in [-0.15, -0.1) is 0 Å². The lowest BCUT2D eigenvalue weighted by Gasteiger charge is -2.21. The lowest BCUT2D eigenvalue weighted by molar-refractivity contribution is 0.402. The van der Waals surface area contributed by atoms with E-state index >= 15 is 0 Å². The van der Waals surface area contributed by atoms with Crippen molar-refractivity contribution in [3.05, 3.63) is 5.82 Å². The van der Waals surface area contributed by atoms with Crippen LogP contribution in [0.5, 0.6) is 0 Å². The molecule has 1 aromatic heterocycles. The van der Waals surface area contributed by atoms with Gasteiger partial charge in [0.25, 0.3) is 0 Å². The van der Waals surface area contributed by atoms with Gasteiger partial charge in [0.15, 0.2) is 0 Å². The summed E-state index contributed by atoms with van der Waals surface area (Å²) in [6, 6.07) is 0.0361. The molecule has 1 saturated heterocycles. The van der Waals surface area contributed by atoms with Gasteiger partial charge in [-0.1, -0.05) is 6.92 Å². The first kappa shape index (κ1) is 13.7. The molecule has 0 saturated carbocycles. The van der Waals surface area contributed by atoms with Crippen LogP contribution in [0, 0.1) is 0 Å². The molecule has 0 bridgehead atoms. The zero-order valence-corrected chi connectivity index (χ0v) is 12.2. The second-order valence-electron chi connectivity index (χ2n) is 4.42. The Morgan fingerprint density at radius 1 is 1.56 bits per heavy atom. The molecule has 2 rings (SSSR count). The Morgan fingerprint density at radius 2 is 2.33 bits per heavy atom. The molecular weight excluding hydrogens is 272 g/mol. The number of nitrogens with zero attached hydrogens (tertiary/aromatic N) is 3. The smallest absolute Gasteiger partial charge is 0.211 e. The lowest BCUT2D eigenvalue weighted by atomic mass is 10.2. The zero-order chi connectivity index (χ0) is 13.2. The van der Waals surface area contributed by atoms with E-state index in [1.165, 1.54) is 17.8 Å². The van der Waals surface area contributed by atoms with E-state index in [0.29, 0.717) is 13.1 Å². The highest BCUT2D eigenvalue weighted by molar-refractivity contribution is 7.88. The molecule has 0 amide bonds. The van der Waals surface area contributed by atoms with Crippen molar-refractivity contribution in [1.29, 1.82) is 0 Å². The summed E-state index contributed by atoms with van der Waals surface area (Å²) in [5.41, 5.74) is 0. The van der Waals surface area contributed by atoms with E-state index in [4.69, 9.17) is 0 Å². The number of aryl methyl sites for hydroxylation is 1. The average molecular weight is 290 g/mol. The summed E-state index contributed by atoms with van der Waals surface area (Å²) in [6.07, 6.45) is 3.91. The van der Waals surface area contributed by atoms with Crippen LogP contribution >= 0.6 is 11.5 Å². The monoisotopic (exact) mass is 290 g/mol. The number of anilines is 1. The third-order valence-corrected chi connectivity index (χ3v) is 5.07. The molecule has 0 aromatic carbocycles. The molecule has 1 aliphatic rings. The van der Waals surface area contributed by atoms with E-state index in [1.807, 2.05) is 6.92 Å². The Labute approximate surface area is 112 Å². The van der Waals surface area contributed by atoms with Gasteiger partial charge in [-0.25, -0.2) is 13.4 Å². The van der Waals surface area contributed by atoms with E-state index in [9.17, 15) is 8.42 Å². The first-order valence-corrected chi connectivity index (χ1v) is 8.66. The van der Waals surface area contributed by atoms with Gasteiger partial charge in [0, 0.05) is 37.1 Å². The van der Waals surface area contributed by atoms with Gasteiger partial charge in [0.2, 0.25) is 15.2 Å². The fourth-order valence-corrected chi connectivity index (χ4v) is 3.96. The Morgan fingerprint density at radius 3 is 2.94 bits per heavy atom. The molecule has 1 atom stereocenters.